The molecular formula is C15H17NO. The zero-order valence-corrected chi connectivity index (χ0v) is 10.6. The summed E-state index contributed by atoms with van der Waals surface area (Å²) >= 11 is 0. The van der Waals surface area contributed by atoms with Crippen LogP contribution in [0.3, 0.4) is 0 Å². The molecule has 2 heteroatoms. The van der Waals surface area contributed by atoms with E-state index >= 15 is 0 Å². The third-order valence-corrected chi connectivity index (χ3v) is 3.79. The first-order chi connectivity index (χ1) is 7.99. The minimum atomic E-state index is 0.0895. The number of hydrogen-bond donors (Lipinski definition) is 0. The molecule has 0 saturated carbocycles. The van der Waals surface area contributed by atoms with Gasteiger partial charge >= 0.3 is 0 Å². The van der Waals surface area contributed by atoms with Gasteiger partial charge in [-0.2, -0.15) is 0 Å². The molecule has 2 nitrogen and oxygen atoms in total. The number of para-hydroxylation sites is 1. The molecule has 0 aliphatic heterocycles. The number of benzene rings is 1. The molecule has 1 aromatic carbocycles. The fraction of sp³-hybridized carbons (Fsp3) is 0.400. The predicted octanol–water partition coefficient (Wildman–Crippen LogP) is 3.33. The first-order valence-corrected chi connectivity index (χ1v) is 6.09. The van der Waals surface area contributed by atoms with Gasteiger partial charge in [0.25, 0.3) is 0 Å². The van der Waals surface area contributed by atoms with E-state index in [9.17, 15) is 4.79 Å². The number of hydrogen-bond acceptors (Lipinski definition) is 1. The molecule has 1 heterocycles. The molecule has 1 aliphatic carbocycles. The summed E-state index contributed by atoms with van der Waals surface area (Å²) in [4.78, 5) is 12.3. The summed E-state index contributed by atoms with van der Waals surface area (Å²) in [5.41, 5.74) is 3.42. The number of fused-ring (bicyclic) bond motifs is 3. The van der Waals surface area contributed by atoms with Crippen molar-refractivity contribution in [1.29, 1.82) is 0 Å². The Morgan fingerprint density at radius 1 is 1.18 bits per heavy atom. The zero-order chi connectivity index (χ0) is 12.2. The lowest BCUT2D eigenvalue weighted by Gasteiger charge is -2.29. The van der Waals surface area contributed by atoms with Crippen LogP contribution in [0.15, 0.2) is 24.3 Å². The van der Waals surface area contributed by atoms with Gasteiger partial charge in [-0.05, 0) is 17.9 Å². The van der Waals surface area contributed by atoms with Crippen LogP contribution in [0.4, 0.5) is 0 Å². The summed E-state index contributed by atoms with van der Waals surface area (Å²) in [6.07, 6.45) is 1.65. The van der Waals surface area contributed by atoms with Gasteiger partial charge in [0.2, 0.25) is 0 Å². The van der Waals surface area contributed by atoms with Gasteiger partial charge < -0.3 is 4.57 Å². The second kappa shape index (κ2) is 3.22. The number of carbonyl (C=O) groups excluding carboxylic acids is 1. The highest BCUT2D eigenvalue weighted by Gasteiger charge is 2.34. The minimum Gasteiger partial charge on any atom is -0.347 e. The Morgan fingerprint density at radius 2 is 1.88 bits per heavy atom. The third-order valence-electron chi connectivity index (χ3n) is 3.79. The maximum atomic E-state index is 12.3. The van der Waals surface area contributed by atoms with Gasteiger partial charge in [0.15, 0.2) is 5.78 Å². The van der Waals surface area contributed by atoms with Crippen molar-refractivity contribution < 1.29 is 4.79 Å². The first-order valence-electron chi connectivity index (χ1n) is 6.09. The van der Waals surface area contributed by atoms with Crippen molar-refractivity contribution in [1.82, 2.24) is 4.57 Å². The molecule has 1 aromatic heterocycles. The van der Waals surface area contributed by atoms with Crippen LogP contribution in [0.2, 0.25) is 0 Å². The fourth-order valence-electron chi connectivity index (χ4n) is 3.00. The van der Waals surface area contributed by atoms with Crippen LogP contribution >= 0.6 is 0 Å². The summed E-state index contributed by atoms with van der Waals surface area (Å²) in [5, 5.41) is 1.12. The van der Waals surface area contributed by atoms with E-state index in [0.717, 1.165) is 17.4 Å². The Kier molecular flexibility index (Phi) is 2.00. The second-order valence-corrected chi connectivity index (χ2v) is 5.84. The zero-order valence-electron chi connectivity index (χ0n) is 10.6. The number of rotatable bonds is 0. The van der Waals surface area contributed by atoms with E-state index in [1.165, 1.54) is 11.2 Å². The molecule has 17 heavy (non-hydrogen) atoms. The molecule has 0 bridgehead atoms. The Balaban J connectivity index is 2.37. The maximum Gasteiger partial charge on any atom is 0.165 e. The number of nitrogens with zero attached hydrogens (tertiary/aromatic N) is 1. The molecule has 2 aromatic rings. The molecular weight excluding hydrogens is 210 g/mol. The van der Waals surface area contributed by atoms with Gasteiger partial charge in [-0.1, -0.05) is 32.0 Å². The van der Waals surface area contributed by atoms with Crippen LogP contribution in [0, 0.1) is 5.41 Å². The maximum absolute atomic E-state index is 12.3. The predicted molar refractivity (Wildman–Crippen MR) is 69.4 cm³/mol. The van der Waals surface area contributed by atoms with E-state index in [1.54, 1.807) is 0 Å². The third kappa shape index (κ3) is 1.43. The molecule has 88 valence electrons. The summed E-state index contributed by atoms with van der Waals surface area (Å²) in [6, 6.07) is 8.19. The van der Waals surface area contributed by atoms with Crippen molar-refractivity contribution in [2.24, 2.45) is 12.5 Å². The number of carbonyl (C=O) groups is 1. The van der Waals surface area contributed by atoms with E-state index in [4.69, 9.17) is 0 Å². The first kappa shape index (κ1) is 10.6. The van der Waals surface area contributed by atoms with Gasteiger partial charge in [-0.15, -0.1) is 0 Å². The largest absolute Gasteiger partial charge is 0.347 e. The molecule has 1 aliphatic rings. The van der Waals surface area contributed by atoms with Gasteiger partial charge in [0.05, 0.1) is 0 Å². The van der Waals surface area contributed by atoms with Gasteiger partial charge in [0.1, 0.15) is 0 Å². The normalized spacial score (nSPS) is 18.4. The Hall–Kier alpha value is -1.57. The van der Waals surface area contributed by atoms with Crippen LogP contribution in [0.1, 0.15) is 36.3 Å². The molecule has 0 unspecified atom stereocenters. The van der Waals surface area contributed by atoms with Gasteiger partial charge in [-0.25, -0.2) is 0 Å². The van der Waals surface area contributed by atoms with Crippen LogP contribution in [-0.2, 0) is 13.5 Å². The van der Waals surface area contributed by atoms with Crippen molar-refractivity contribution in [2.45, 2.75) is 26.7 Å². The lowest BCUT2D eigenvalue weighted by molar-refractivity contribution is 0.0912. The molecule has 0 amide bonds. The monoisotopic (exact) mass is 227 g/mol. The summed E-state index contributed by atoms with van der Waals surface area (Å²) in [5.74, 6) is 0.299. The lowest BCUT2D eigenvalue weighted by atomic mass is 9.76. The van der Waals surface area contributed by atoms with E-state index in [0.29, 0.717) is 12.2 Å². The van der Waals surface area contributed by atoms with Crippen LogP contribution in [0.25, 0.3) is 10.9 Å². The highest BCUT2D eigenvalue weighted by molar-refractivity contribution is 6.10. The van der Waals surface area contributed by atoms with Crippen LogP contribution in [0.5, 0.6) is 0 Å². The molecule has 0 radical (unpaired) electrons. The van der Waals surface area contributed by atoms with E-state index in [-0.39, 0.29) is 5.41 Å². The number of aryl methyl sites for hydroxylation is 1. The van der Waals surface area contributed by atoms with Gasteiger partial charge in [0, 0.05) is 35.6 Å². The molecule has 0 spiro atoms. The van der Waals surface area contributed by atoms with E-state index < -0.39 is 0 Å². The van der Waals surface area contributed by atoms with Crippen molar-refractivity contribution in [3.05, 3.63) is 35.5 Å². The summed E-state index contributed by atoms with van der Waals surface area (Å²) in [7, 11) is 2.07. The van der Waals surface area contributed by atoms with Crippen molar-refractivity contribution in [2.75, 3.05) is 0 Å². The average Bonchev–Trinajstić information content (AvgIpc) is 2.52. The van der Waals surface area contributed by atoms with E-state index in [2.05, 4.69) is 37.6 Å². The lowest BCUT2D eigenvalue weighted by Crippen LogP contribution is -2.27. The Morgan fingerprint density at radius 3 is 2.65 bits per heavy atom. The standard InChI is InChI=1S/C15H17NO/c1-15(2)8-12-14(13(17)9-15)10-6-4-5-7-11(10)16(12)3/h4-7H,8-9H2,1-3H3. The van der Waals surface area contributed by atoms with Crippen LogP contribution < -0.4 is 0 Å². The molecule has 0 saturated heterocycles. The number of aromatic nitrogens is 1. The second-order valence-electron chi connectivity index (χ2n) is 5.84. The average molecular weight is 227 g/mol. The quantitative estimate of drug-likeness (QED) is 0.676. The van der Waals surface area contributed by atoms with Crippen molar-refractivity contribution in [3.8, 4) is 0 Å². The van der Waals surface area contributed by atoms with Gasteiger partial charge in [-0.3, -0.25) is 4.79 Å². The molecule has 0 atom stereocenters. The highest BCUT2D eigenvalue weighted by atomic mass is 16.1. The summed E-state index contributed by atoms with van der Waals surface area (Å²) < 4.78 is 2.18. The Bertz CT molecular complexity index is 619. The van der Waals surface area contributed by atoms with E-state index in [1.807, 2.05) is 12.1 Å². The smallest absolute Gasteiger partial charge is 0.165 e. The Labute approximate surface area is 101 Å². The SMILES string of the molecule is Cn1c2c(c3ccccc31)C(=O)CC(C)(C)C2. The van der Waals surface area contributed by atoms with Crippen LogP contribution in [-0.4, -0.2) is 10.4 Å². The number of Topliss-reactive ketones (excluding diaryl/α,β-unsaturated/α-hetero) is 1. The van der Waals surface area contributed by atoms with Crippen molar-refractivity contribution >= 4 is 16.7 Å². The molecule has 3 rings (SSSR count). The minimum absolute atomic E-state index is 0.0895. The topological polar surface area (TPSA) is 22.0 Å². The fourth-order valence-corrected chi connectivity index (χ4v) is 3.00. The molecule has 0 fully saturated rings. The highest BCUT2D eigenvalue weighted by Crippen LogP contribution is 2.39. The molecule has 0 N–H and O–H groups in total. The van der Waals surface area contributed by atoms with Crippen molar-refractivity contribution in [3.63, 3.8) is 0 Å². The number of ketones is 1. The summed E-state index contributed by atoms with van der Waals surface area (Å²) in [6.45, 7) is 4.34.